The van der Waals surface area contributed by atoms with Crippen molar-refractivity contribution in [1.82, 2.24) is 9.97 Å². The van der Waals surface area contributed by atoms with E-state index in [4.69, 9.17) is 0 Å². The first-order valence-corrected chi connectivity index (χ1v) is 5.57. The van der Waals surface area contributed by atoms with Crippen molar-refractivity contribution in [2.45, 2.75) is 12.5 Å². The minimum absolute atomic E-state index is 0.460. The number of nitrogens with zero attached hydrogens (tertiary/aromatic N) is 2. The molecule has 2 aromatic rings. The van der Waals surface area contributed by atoms with E-state index in [0.717, 1.165) is 9.88 Å². The minimum atomic E-state index is -0.460. The Morgan fingerprint density at radius 1 is 1.46 bits per heavy atom. The van der Waals surface area contributed by atoms with E-state index in [1.165, 1.54) is 11.3 Å². The second kappa shape index (κ2) is 3.95. The van der Waals surface area contributed by atoms with Gasteiger partial charge in [-0.15, -0.1) is 22.7 Å². The molecule has 2 rings (SSSR count). The predicted octanol–water partition coefficient (Wildman–Crippen LogP) is 1.88. The third-order valence-corrected chi connectivity index (χ3v) is 3.31. The zero-order chi connectivity index (χ0) is 9.10. The predicted molar refractivity (Wildman–Crippen MR) is 52.9 cm³/mol. The van der Waals surface area contributed by atoms with Gasteiger partial charge in [0.1, 0.15) is 0 Å². The van der Waals surface area contributed by atoms with E-state index < -0.39 is 6.10 Å². The van der Waals surface area contributed by atoms with Gasteiger partial charge in [-0.3, -0.25) is 4.98 Å². The van der Waals surface area contributed by atoms with Crippen molar-refractivity contribution in [1.29, 1.82) is 0 Å². The highest BCUT2D eigenvalue weighted by atomic mass is 32.1. The van der Waals surface area contributed by atoms with E-state index in [1.807, 2.05) is 5.38 Å². The van der Waals surface area contributed by atoms with Crippen LogP contribution in [0.15, 0.2) is 23.3 Å². The van der Waals surface area contributed by atoms with Gasteiger partial charge in [0.05, 0.1) is 21.5 Å². The Labute approximate surface area is 83.7 Å². The Morgan fingerprint density at radius 2 is 2.38 bits per heavy atom. The molecule has 1 unspecified atom stereocenters. The second-order valence-corrected chi connectivity index (χ2v) is 4.45. The summed E-state index contributed by atoms with van der Waals surface area (Å²) in [5, 5.41) is 12.6. The first-order chi connectivity index (χ1) is 6.36. The number of hydrogen-bond donors (Lipinski definition) is 1. The molecule has 0 saturated heterocycles. The second-order valence-electron chi connectivity index (χ2n) is 2.55. The molecule has 0 aliphatic rings. The van der Waals surface area contributed by atoms with Gasteiger partial charge >= 0.3 is 0 Å². The number of thiazole rings is 2. The number of aliphatic hydroxyl groups excluding tert-OH is 1. The molecule has 5 heteroatoms. The molecule has 0 aliphatic carbocycles. The first-order valence-electron chi connectivity index (χ1n) is 3.81. The molecular weight excluding hydrogens is 204 g/mol. The highest BCUT2D eigenvalue weighted by molar-refractivity contribution is 7.10. The summed E-state index contributed by atoms with van der Waals surface area (Å²) in [7, 11) is 0. The normalized spacial score (nSPS) is 13.0. The zero-order valence-electron chi connectivity index (χ0n) is 6.75. The molecule has 0 bridgehead atoms. The summed E-state index contributed by atoms with van der Waals surface area (Å²) in [4.78, 5) is 8.92. The molecule has 0 radical (unpaired) electrons. The highest BCUT2D eigenvalue weighted by Gasteiger charge is 2.11. The third-order valence-electron chi connectivity index (χ3n) is 1.63. The maximum Gasteiger partial charge on any atom is 0.0961 e. The lowest BCUT2D eigenvalue weighted by atomic mass is 10.2. The Bertz CT molecular complexity index is 344. The van der Waals surface area contributed by atoms with Gasteiger partial charge in [0.2, 0.25) is 0 Å². The van der Waals surface area contributed by atoms with Crippen molar-refractivity contribution in [2.24, 2.45) is 0 Å². The summed E-state index contributed by atoms with van der Waals surface area (Å²) in [5.41, 5.74) is 1.72. The van der Waals surface area contributed by atoms with Crippen LogP contribution in [0.2, 0.25) is 0 Å². The van der Waals surface area contributed by atoms with Crippen LogP contribution in [0.1, 0.15) is 16.0 Å². The van der Waals surface area contributed by atoms with Gasteiger partial charge < -0.3 is 5.11 Å². The molecule has 0 saturated carbocycles. The number of aromatic nitrogens is 2. The molecule has 13 heavy (non-hydrogen) atoms. The number of hydrogen-bond acceptors (Lipinski definition) is 5. The van der Waals surface area contributed by atoms with Gasteiger partial charge in [0.25, 0.3) is 0 Å². The molecule has 0 amide bonds. The molecule has 0 fully saturated rings. The van der Waals surface area contributed by atoms with Gasteiger partial charge in [0, 0.05) is 24.2 Å². The van der Waals surface area contributed by atoms with E-state index in [9.17, 15) is 5.11 Å². The lowest BCUT2D eigenvalue weighted by Crippen LogP contribution is -1.98. The molecule has 0 aromatic carbocycles. The zero-order valence-corrected chi connectivity index (χ0v) is 8.38. The molecule has 0 spiro atoms. The summed E-state index contributed by atoms with van der Waals surface area (Å²) in [6, 6.07) is 0. The van der Waals surface area contributed by atoms with Crippen LogP contribution in [0.4, 0.5) is 0 Å². The van der Waals surface area contributed by atoms with Gasteiger partial charge in [0.15, 0.2) is 0 Å². The lowest BCUT2D eigenvalue weighted by Gasteiger charge is -2.03. The van der Waals surface area contributed by atoms with Crippen LogP contribution in [0, 0.1) is 0 Å². The van der Waals surface area contributed by atoms with E-state index in [2.05, 4.69) is 9.97 Å². The fourth-order valence-electron chi connectivity index (χ4n) is 1.01. The standard InChI is InChI=1S/C8H8N2OS2/c11-6(7-4-9-5-13-7)3-8-10-1-2-12-8/h1-2,4-6,11H,3H2. The van der Waals surface area contributed by atoms with Gasteiger partial charge in [-0.25, -0.2) is 4.98 Å². The quantitative estimate of drug-likeness (QED) is 0.845. The monoisotopic (exact) mass is 212 g/mol. The molecule has 3 nitrogen and oxygen atoms in total. The van der Waals surface area contributed by atoms with E-state index in [1.54, 1.807) is 29.2 Å². The summed E-state index contributed by atoms with van der Waals surface area (Å²) in [6.07, 6.45) is 3.57. The molecule has 68 valence electrons. The first kappa shape index (κ1) is 8.80. The summed E-state index contributed by atoms with van der Waals surface area (Å²) in [5.74, 6) is 0. The van der Waals surface area contributed by atoms with Crippen molar-refractivity contribution in [2.75, 3.05) is 0 Å². The van der Waals surface area contributed by atoms with Crippen LogP contribution in [0.25, 0.3) is 0 Å². The van der Waals surface area contributed by atoms with Gasteiger partial charge in [-0.2, -0.15) is 0 Å². The van der Waals surface area contributed by atoms with E-state index in [0.29, 0.717) is 6.42 Å². The Hall–Kier alpha value is -0.780. The van der Waals surface area contributed by atoms with E-state index >= 15 is 0 Å². The van der Waals surface area contributed by atoms with Gasteiger partial charge in [-0.05, 0) is 0 Å². The van der Waals surface area contributed by atoms with Crippen molar-refractivity contribution in [3.05, 3.63) is 33.2 Å². The Morgan fingerprint density at radius 3 is 3.00 bits per heavy atom. The molecule has 1 atom stereocenters. The fourth-order valence-corrected chi connectivity index (χ4v) is 2.27. The molecule has 2 aromatic heterocycles. The average molecular weight is 212 g/mol. The van der Waals surface area contributed by atoms with Crippen LogP contribution >= 0.6 is 22.7 Å². The van der Waals surface area contributed by atoms with Crippen molar-refractivity contribution < 1.29 is 5.11 Å². The SMILES string of the molecule is OC(Cc1nccs1)c1cncs1. The van der Waals surface area contributed by atoms with Crippen LogP contribution in [-0.4, -0.2) is 15.1 Å². The lowest BCUT2D eigenvalue weighted by molar-refractivity contribution is 0.182. The van der Waals surface area contributed by atoms with Crippen LogP contribution in [0.3, 0.4) is 0 Å². The van der Waals surface area contributed by atoms with Crippen molar-refractivity contribution >= 4 is 22.7 Å². The van der Waals surface area contributed by atoms with Crippen LogP contribution < -0.4 is 0 Å². The van der Waals surface area contributed by atoms with Crippen molar-refractivity contribution in [3.63, 3.8) is 0 Å². The molecular formula is C8H8N2OS2. The summed E-state index contributed by atoms with van der Waals surface area (Å²) >= 11 is 3.03. The Kier molecular flexibility index (Phi) is 2.68. The van der Waals surface area contributed by atoms with Crippen LogP contribution in [0.5, 0.6) is 0 Å². The maximum atomic E-state index is 9.72. The summed E-state index contributed by atoms with van der Waals surface area (Å²) in [6.45, 7) is 0. The maximum absolute atomic E-state index is 9.72. The highest BCUT2D eigenvalue weighted by Crippen LogP contribution is 2.21. The van der Waals surface area contributed by atoms with Crippen molar-refractivity contribution in [3.8, 4) is 0 Å². The largest absolute Gasteiger partial charge is 0.387 e. The molecule has 1 N–H and O–H groups in total. The van der Waals surface area contributed by atoms with Gasteiger partial charge in [-0.1, -0.05) is 0 Å². The Balaban J connectivity index is 2.04. The smallest absolute Gasteiger partial charge is 0.0961 e. The third kappa shape index (κ3) is 2.12. The molecule has 0 aliphatic heterocycles. The number of aliphatic hydroxyl groups is 1. The topological polar surface area (TPSA) is 46.0 Å². The van der Waals surface area contributed by atoms with E-state index in [-0.39, 0.29) is 0 Å². The van der Waals surface area contributed by atoms with Crippen LogP contribution in [-0.2, 0) is 6.42 Å². The summed E-state index contributed by atoms with van der Waals surface area (Å²) < 4.78 is 0. The fraction of sp³-hybridized carbons (Fsp3) is 0.250. The number of rotatable bonds is 3. The minimum Gasteiger partial charge on any atom is -0.387 e. The molecule has 2 heterocycles. The average Bonchev–Trinajstić information content (AvgIpc) is 2.74.